The number of primary amides is 1. The normalized spacial score (nSPS) is 16.5. The van der Waals surface area contributed by atoms with E-state index in [1.165, 1.54) is 11.1 Å². The molecule has 0 aliphatic carbocycles. The number of carbonyl (C=O) groups is 2. The van der Waals surface area contributed by atoms with Gasteiger partial charge in [0.05, 0.1) is 6.04 Å². The molecule has 1 unspecified atom stereocenters. The molecule has 0 saturated carbocycles. The number of imide groups is 1. The van der Waals surface area contributed by atoms with Gasteiger partial charge in [-0.25, -0.2) is 4.79 Å². The van der Waals surface area contributed by atoms with Gasteiger partial charge in [-0.1, -0.05) is 22.0 Å². The Morgan fingerprint density at radius 2 is 2.16 bits per heavy atom. The van der Waals surface area contributed by atoms with Gasteiger partial charge < -0.3 is 5.73 Å². The van der Waals surface area contributed by atoms with Crippen molar-refractivity contribution in [2.75, 3.05) is 6.54 Å². The number of hydrogen-bond acceptors (Lipinski definition) is 3. The first-order chi connectivity index (χ1) is 8.97. The summed E-state index contributed by atoms with van der Waals surface area (Å²) in [6, 6.07) is 4.99. The molecule has 0 aromatic heterocycles. The Labute approximate surface area is 120 Å². The van der Waals surface area contributed by atoms with Crippen LogP contribution in [0.1, 0.15) is 18.1 Å². The zero-order valence-electron chi connectivity index (χ0n) is 10.6. The lowest BCUT2D eigenvalue weighted by Crippen LogP contribution is -2.49. The van der Waals surface area contributed by atoms with Gasteiger partial charge in [-0.15, -0.1) is 0 Å². The monoisotopic (exact) mass is 325 g/mol. The second-order valence-corrected chi connectivity index (χ2v) is 5.58. The van der Waals surface area contributed by atoms with E-state index in [9.17, 15) is 9.59 Å². The molecule has 0 bridgehead atoms. The van der Waals surface area contributed by atoms with Crippen LogP contribution in [0.3, 0.4) is 0 Å². The van der Waals surface area contributed by atoms with Gasteiger partial charge in [-0.05, 0) is 36.6 Å². The van der Waals surface area contributed by atoms with E-state index in [2.05, 4.69) is 33.4 Å². The number of fused-ring (bicyclic) bond motifs is 1. The molecule has 1 aromatic rings. The number of hydrogen-bond donors (Lipinski definition) is 2. The molecule has 102 valence electrons. The molecule has 1 aliphatic rings. The van der Waals surface area contributed by atoms with Crippen LogP contribution >= 0.6 is 15.9 Å². The molecule has 1 heterocycles. The van der Waals surface area contributed by atoms with Crippen molar-refractivity contribution in [3.63, 3.8) is 0 Å². The Morgan fingerprint density at radius 1 is 1.42 bits per heavy atom. The fourth-order valence-corrected chi connectivity index (χ4v) is 2.67. The molecule has 0 radical (unpaired) electrons. The largest absolute Gasteiger partial charge is 0.351 e. The lowest BCUT2D eigenvalue weighted by atomic mass is 9.99. The molecule has 19 heavy (non-hydrogen) atoms. The maximum atomic E-state index is 11.8. The fraction of sp³-hybridized carbons (Fsp3) is 0.385. The van der Waals surface area contributed by atoms with Gasteiger partial charge in [0.25, 0.3) is 0 Å². The van der Waals surface area contributed by atoms with Crippen LogP contribution in [0.4, 0.5) is 4.79 Å². The Bertz CT molecular complexity index is 519. The molecule has 6 heteroatoms. The standard InChI is InChI=1S/C13H16BrN3O2/c1-8(12(18)16-13(15)19)17-5-4-9-6-11(14)3-2-10(9)7-17/h2-3,6,8H,4-5,7H2,1H3,(H3,15,16,18,19). The van der Waals surface area contributed by atoms with Crippen LogP contribution in [0.25, 0.3) is 0 Å². The fourth-order valence-electron chi connectivity index (χ4n) is 2.27. The lowest BCUT2D eigenvalue weighted by Gasteiger charge is -2.32. The number of carbonyl (C=O) groups excluding carboxylic acids is 2. The minimum Gasteiger partial charge on any atom is -0.351 e. The Morgan fingerprint density at radius 3 is 2.84 bits per heavy atom. The van der Waals surface area contributed by atoms with Gasteiger partial charge in [0, 0.05) is 17.6 Å². The van der Waals surface area contributed by atoms with Crippen LogP contribution in [-0.4, -0.2) is 29.4 Å². The van der Waals surface area contributed by atoms with Gasteiger partial charge in [0.1, 0.15) is 0 Å². The van der Waals surface area contributed by atoms with E-state index in [0.717, 1.165) is 17.4 Å². The predicted octanol–water partition coefficient (Wildman–Crippen LogP) is 1.39. The highest BCUT2D eigenvalue weighted by atomic mass is 79.9. The number of amides is 3. The number of nitrogens with one attached hydrogen (secondary N) is 1. The molecule has 1 aromatic carbocycles. The topological polar surface area (TPSA) is 75.4 Å². The quantitative estimate of drug-likeness (QED) is 0.862. The summed E-state index contributed by atoms with van der Waals surface area (Å²) >= 11 is 3.46. The van der Waals surface area contributed by atoms with Crippen LogP contribution in [0, 0.1) is 0 Å². The van der Waals surface area contributed by atoms with Crippen LogP contribution < -0.4 is 11.1 Å². The summed E-state index contributed by atoms with van der Waals surface area (Å²) in [5, 5.41) is 2.12. The average molecular weight is 326 g/mol. The van der Waals surface area contributed by atoms with Crippen molar-refractivity contribution in [3.05, 3.63) is 33.8 Å². The maximum Gasteiger partial charge on any atom is 0.318 e. The highest BCUT2D eigenvalue weighted by Crippen LogP contribution is 2.23. The minimum atomic E-state index is -0.807. The first-order valence-corrected chi connectivity index (χ1v) is 6.88. The van der Waals surface area contributed by atoms with Crippen molar-refractivity contribution in [2.45, 2.75) is 25.9 Å². The number of nitrogens with zero attached hydrogens (tertiary/aromatic N) is 1. The maximum absolute atomic E-state index is 11.8. The zero-order chi connectivity index (χ0) is 14.0. The Kier molecular flexibility index (Phi) is 4.21. The van der Waals surface area contributed by atoms with E-state index in [1.54, 1.807) is 6.92 Å². The summed E-state index contributed by atoms with van der Waals surface area (Å²) < 4.78 is 1.07. The molecule has 1 aliphatic heterocycles. The van der Waals surface area contributed by atoms with Gasteiger partial charge in [-0.3, -0.25) is 15.0 Å². The molecule has 5 nitrogen and oxygen atoms in total. The number of benzene rings is 1. The molecule has 2 rings (SSSR count). The van der Waals surface area contributed by atoms with Gasteiger partial charge in [0.2, 0.25) is 5.91 Å². The second kappa shape index (κ2) is 5.71. The average Bonchev–Trinajstić information content (AvgIpc) is 2.36. The van der Waals surface area contributed by atoms with Gasteiger partial charge in [-0.2, -0.15) is 0 Å². The van der Waals surface area contributed by atoms with Gasteiger partial charge >= 0.3 is 6.03 Å². The molecule has 3 amide bonds. The number of urea groups is 1. The van der Waals surface area contributed by atoms with Crippen molar-refractivity contribution in [1.29, 1.82) is 0 Å². The van der Waals surface area contributed by atoms with E-state index in [4.69, 9.17) is 5.73 Å². The number of nitrogens with two attached hydrogens (primary N) is 1. The summed E-state index contributed by atoms with van der Waals surface area (Å²) in [6.45, 7) is 3.27. The van der Waals surface area contributed by atoms with Crippen molar-refractivity contribution in [1.82, 2.24) is 10.2 Å². The molecule has 3 N–H and O–H groups in total. The van der Waals surface area contributed by atoms with Crippen LogP contribution in [0.2, 0.25) is 0 Å². The summed E-state index contributed by atoms with van der Waals surface area (Å²) in [4.78, 5) is 24.5. The van der Waals surface area contributed by atoms with Gasteiger partial charge in [0.15, 0.2) is 0 Å². The summed E-state index contributed by atoms with van der Waals surface area (Å²) in [6.07, 6.45) is 0.892. The number of rotatable bonds is 2. The number of halogens is 1. The predicted molar refractivity (Wildman–Crippen MR) is 75.4 cm³/mol. The smallest absolute Gasteiger partial charge is 0.318 e. The minimum absolute atomic E-state index is 0.354. The van der Waals surface area contributed by atoms with E-state index < -0.39 is 6.03 Å². The van der Waals surface area contributed by atoms with Crippen LogP contribution in [0.15, 0.2) is 22.7 Å². The SMILES string of the molecule is CC(C(=O)NC(N)=O)N1CCc2cc(Br)ccc2C1. The summed E-state index contributed by atoms with van der Waals surface area (Å²) in [5.41, 5.74) is 7.47. The first-order valence-electron chi connectivity index (χ1n) is 6.09. The summed E-state index contributed by atoms with van der Waals surface area (Å²) in [5.74, 6) is -0.354. The van der Waals surface area contributed by atoms with Crippen molar-refractivity contribution < 1.29 is 9.59 Å². The summed E-state index contributed by atoms with van der Waals surface area (Å²) in [7, 11) is 0. The molecule has 0 spiro atoms. The molecule has 0 fully saturated rings. The van der Waals surface area contributed by atoms with Crippen molar-refractivity contribution in [3.8, 4) is 0 Å². The molecular weight excluding hydrogens is 310 g/mol. The van der Waals surface area contributed by atoms with E-state index in [-0.39, 0.29) is 11.9 Å². The Balaban J connectivity index is 2.07. The van der Waals surface area contributed by atoms with Crippen LogP contribution in [0.5, 0.6) is 0 Å². The Hall–Kier alpha value is -1.40. The second-order valence-electron chi connectivity index (χ2n) is 4.66. The van der Waals surface area contributed by atoms with Crippen LogP contribution in [-0.2, 0) is 17.8 Å². The third-order valence-corrected chi connectivity index (χ3v) is 3.88. The molecule has 0 saturated heterocycles. The zero-order valence-corrected chi connectivity index (χ0v) is 12.2. The molecule has 1 atom stereocenters. The highest BCUT2D eigenvalue weighted by molar-refractivity contribution is 9.10. The van der Waals surface area contributed by atoms with E-state index >= 15 is 0 Å². The lowest BCUT2D eigenvalue weighted by molar-refractivity contribution is -0.125. The first kappa shape index (κ1) is 14.0. The van der Waals surface area contributed by atoms with Crippen molar-refractivity contribution in [2.24, 2.45) is 5.73 Å². The van der Waals surface area contributed by atoms with Crippen molar-refractivity contribution >= 4 is 27.9 Å². The third kappa shape index (κ3) is 3.33. The highest BCUT2D eigenvalue weighted by Gasteiger charge is 2.25. The molecular formula is C13H16BrN3O2. The third-order valence-electron chi connectivity index (χ3n) is 3.38. The van der Waals surface area contributed by atoms with E-state index in [0.29, 0.717) is 6.54 Å². The van der Waals surface area contributed by atoms with E-state index in [1.807, 2.05) is 11.0 Å².